The van der Waals surface area contributed by atoms with E-state index in [-0.39, 0.29) is 17.2 Å². The Morgan fingerprint density at radius 3 is 2.14 bits per heavy atom. The number of thioether (sulfide) groups is 1. The predicted molar refractivity (Wildman–Crippen MR) is 267 cm³/mol. The van der Waals surface area contributed by atoms with E-state index in [0.717, 1.165) is 91.3 Å². The number of nitrogens with zero attached hydrogens (tertiary/aromatic N) is 2. The van der Waals surface area contributed by atoms with Crippen molar-refractivity contribution in [3.63, 3.8) is 0 Å². The van der Waals surface area contributed by atoms with E-state index in [0.29, 0.717) is 61.2 Å². The van der Waals surface area contributed by atoms with Gasteiger partial charge in [0, 0.05) is 52.6 Å². The standard InChI is InChI=1S/C51H57ClF3N5O6S3/c52-39-14-10-36(11-15-39)44-8-4-5-9-45(44)48(61)37-20-30-60(31-21-37)41-16-12-38(13-17-41)49(62)58-69(65,66)43-18-19-46(47(34-43)68(63,64)51(53,54)55)57-40(35-67-42-6-2-1-3-7-42)22-29-59-32-25-50(26-33-59)23-27-56-28-24-50/h1-19,34,37,40,48,56-57,61H,20-33,35H2,(H,58,62)/t40-,48-/m1/s1. The van der Waals surface area contributed by atoms with Gasteiger partial charge in [0.2, 0.25) is 0 Å². The van der Waals surface area contributed by atoms with E-state index >= 15 is 0 Å². The van der Waals surface area contributed by atoms with E-state index in [2.05, 4.69) is 20.4 Å². The van der Waals surface area contributed by atoms with Crippen LogP contribution in [0.3, 0.4) is 0 Å². The molecule has 69 heavy (non-hydrogen) atoms. The molecule has 0 radical (unpaired) electrons. The molecule has 1 spiro atoms. The molecule has 3 aliphatic rings. The number of likely N-dealkylation sites (tertiary alicyclic amines) is 1. The molecule has 3 aliphatic heterocycles. The molecule has 5 aromatic rings. The highest BCUT2D eigenvalue weighted by atomic mass is 35.5. The van der Waals surface area contributed by atoms with Gasteiger partial charge in [0.05, 0.1) is 16.7 Å². The molecule has 0 aromatic heterocycles. The Bertz CT molecular complexity index is 2760. The Morgan fingerprint density at radius 2 is 1.48 bits per heavy atom. The number of aliphatic hydroxyl groups excluding tert-OH is 1. The summed E-state index contributed by atoms with van der Waals surface area (Å²) in [4.78, 5) is 16.7. The predicted octanol–water partition coefficient (Wildman–Crippen LogP) is 9.80. The molecule has 3 heterocycles. The summed E-state index contributed by atoms with van der Waals surface area (Å²) in [5.41, 5.74) is -2.35. The summed E-state index contributed by atoms with van der Waals surface area (Å²) in [6, 6.07) is 32.9. The van der Waals surface area contributed by atoms with Crippen molar-refractivity contribution in [1.82, 2.24) is 14.9 Å². The number of piperidine rings is 3. The van der Waals surface area contributed by atoms with Crippen LogP contribution in [0.1, 0.15) is 67.0 Å². The zero-order chi connectivity index (χ0) is 48.8. The molecule has 3 fully saturated rings. The molecule has 0 bridgehead atoms. The number of sulfonamides is 1. The van der Waals surface area contributed by atoms with Gasteiger partial charge in [-0.15, -0.1) is 11.8 Å². The number of alkyl halides is 3. The molecule has 368 valence electrons. The van der Waals surface area contributed by atoms with E-state index in [4.69, 9.17) is 11.6 Å². The van der Waals surface area contributed by atoms with Crippen LogP contribution in [0.15, 0.2) is 136 Å². The van der Waals surface area contributed by atoms with E-state index in [1.54, 1.807) is 12.1 Å². The topological polar surface area (TPSA) is 148 Å². The smallest absolute Gasteiger partial charge is 0.388 e. The average Bonchev–Trinajstić information content (AvgIpc) is 3.35. The Kier molecular flexibility index (Phi) is 16.0. The summed E-state index contributed by atoms with van der Waals surface area (Å²) in [5, 5.41) is 18.7. The molecule has 5 aromatic carbocycles. The number of carbonyl (C=O) groups is 1. The van der Waals surface area contributed by atoms with E-state index in [1.165, 1.54) is 23.9 Å². The fraction of sp³-hybridized carbons (Fsp3) is 0.392. The van der Waals surface area contributed by atoms with Crippen molar-refractivity contribution in [2.24, 2.45) is 11.3 Å². The quantitative estimate of drug-likeness (QED) is 0.0701. The first-order valence-electron chi connectivity index (χ1n) is 23.3. The molecule has 1 amide bonds. The van der Waals surface area contributed by atoms with Crippen molar-refractivity contribution in [2.75, 3.05) is 61.8 Å². The second kappa shape index (κ2) is 21.8. The SMILES string of the molecule is O=C(NS(=O)(=O)c1ccc(N[C@H](CCN2CCC3(CCNCC3)CC2)CSc2ccccc2)c(S(=O)(=O)C(F)(F)F)c1)c1ccc(N2CCC([C@@H](O)c3ccccc3-c3ccc(Cl)cc3)CC2)cc1. The molecule has 11 nitrogen and oxygen atoms in total. The number of benzene rings is 5. The van der Waals surface area contributed by atoms with Crippen LogP contribution in [0, 0.1) is 11.3 Å². The first-order chi connectivity index (χ1) is 33.0. The number of hydrogen-bond acceptors (Lipinski definition) is 11. The maximum Gasteiger partial charge on any atom is 0.501 e. The van der Waals surface area contributed by atoms with Gasteiger partial charge in [0.25, 0.3) is 25.8 Å². The number of hydrogen-bond donors (Lipinski definition) is 4. The first kappa shape index (κ1) is 50.8. The normalized spacial score (nSPS) is 18.1. The molecule has 18 heteroatoms. The van der Waals surface area contributed by atoms with Crippen LogP contribution in [-0.2, 0) is 19.9 Å². The van der Waals surface area contributed by atoms with Crippen molar-refractivity contribution >= 4 is 60.5 Å². The highest BCUT2D eigenvalue weighted by Crippen LogP contribution is 2.41. The van der Waals surface area contributed by atoms with Gasteiger partial charge in [-0.25, -0.2) is 21.6 Å². The second-order valence-corrected chi connectivity index (χ2v) is 23.4. The number of halogens is 4. The lowest BCUT2D eigenvalue weighted by molar-refractivity contribution is -0.0435. The molecule has 3 saturated heterocycles. The number of sulfone groups is 1. The fourth-order valence-corrected chi connectivity index (χ4v) is 12.9. The molecule has 2 atom stereocenters. The van der Waals surface area contributed by atoms with Crippen molar-refractivity contribution in [3.8, 4) is 11.1 Å². The lowest BCUT2D eigenvalue weighted by atomic mass is 9.71. The minimum absolute atomic E-state index is 0.0154. The van der Waals surface area contributed by atoms with Crippen LogP contribution in [0.2, 0.25) is 5.02 Å². The summed E-state index contributed by atoms with van der Waals surface area (Å²) in [6.07, 6.45) is 5.54. The largest absolute Gasteiger partial charge is 0.501 e. The van der Waals surface area contributed by atoms with Crippen molar-refractivity contribution in [3.05, 3.63) is 137 Å². The van der Waals surface area contributed by atoms with Gasteiger partial charge in [-0.3, -0.25) is 4.79 Å². The maximum atomic E-state index is 14.3. The van der Waals surface area contributed by atoms with Crippen LogP contribution in [0.4, 0.5) is 24.5 Å². The third-order valence-electron chi connectivity index (χ3n) is 13.9. The zero-order valence-electron chi connectivity index (χ0n) is 38.0. The number of carbonyl (C=O) groups excluding carboxylic acids is 1. The van der Waals surface area contributed by atoms with Gasteiger partial charge in [-0.1, -0.05) is 66.2 Å². The van der Waals surface area contributed by atoms with Gasteiger partial charge >= 0.3 is 5.51 Å². The van der Waals surface area contributed by atoms with Crippen LogP contribution in [-0.4, -0.2) is 95.9 Å². The molecular formula is C51H57ClF3N5O6S3. The van der Waals surface area contributed by atoms with Crippen LogP contribution in [0.25, 0.3) is 11.1 Å². The van der Waals surface area contributed by atoms with E-state index < -0.39 is 53.2 Å². The molecule has 0 saturated carbocycles. The van der Waals surface area contributed by atoms with Crippen molar-refractivity contribution in [1.29, 1.82) is 0 Å². The van der Waals surface area contributed by atoms with Crippen LogP contribution in [0.5, 0.6) is 0 Å². The Labute approximate surface area is 412 Å². The van der Waals surface area contributed by atoms with Crippen molar-refractivity contribution < 1.29 is 39.9 Å². The lowest BCUT2D eigenvalue weighted by Gasteiger charge is -2.44. The van der Waals surface area contributed by atoms with Gasteiger partial charge < -0.3 is 25.5 Å². The molecule has 0 unspecified atom stereocenters. The van der Waals surface area contributed by atoms with Crippen LogP contribution < -0.4 is 20.3 Å². The molecular weight excluding hydrogens is 967 g/mol. The van der Waals surface area contributed by atoms with Crippen molar-refractivity contribution in [2.45, 2.75) is 77.3 Å². The molecule has 4 N–H and O–H groups in total. The number of rotatable bonds is 16. The summed E-state index contributed by atoms with van der Waals surface area (Å²) in [5.74, 6) is -0.679. The van der Waals surface area contributed by atoms with Gasteiger partial charge in [-0.05, 0) is 166 Å². The van der Waals surface area contributed by atoms with Gasteiger partial charge in [0.1, 0.15) is 4.90 Å². The molecule has 8 rings (SSSR count). The fourth-order valence-electron chi connectivity index (χ4n) is 9.75. The zero-order valence-corrected chi connectivity index (χ0v) is 41.2. The highest BCUT2D eigenvalue weighted by Gasteiger charge is 2.48. The number of amides is 1. The Hall–Kier alpha value is -4.62. The summed E-state index contributed by atoms with van der Waals surface area (Å²) >= 11 is 7.59. The average molecular weight is 1020 g/mol. The van der Waals surface area contributed by atoms with E-state index in [1.807, 2.05) is 83.6 Å². The summed E-state index contributed by atoms with van der Waals surface area (Å²) < 4.78 is 98.6. The highest BCUT2D eigenvalue weighted by molar-refractivity contribution is 7.99. The first-order valence-corrected chi connectivity index (χ1v) is 27.6. The summed E-state index contributed by atoms with van der Waals surface area (Å²) in [6.45, 7) is 5.65. The van der Waals surface area contributed by atoms with Gasteiger partial charge in [-0.2, -0.15) is 13.2 Å². The summed E-state index contributed by atoms with van der Waals surface area (Å²) in [7, 11) is -10.9. The monoisotopic (exact) mass is 1020 g/mol. The Balaban J connectivity index is 0.931. The minimum Gasteiger partial charge on any atom is -0.388 e. The second-order valence-electron chi connectivity index (χ2n) is 18.3. The lowest BCUT2D eigenvalue weighted by Crippen LogP contribution is -2.46. The number of nitrogens with one attached hydrogen (secondary N) is 3. The number of anilines is 2. The Morgan fingerprint density at radius 1 is 0.826 bits per heavy atom. The van der Waals surface area contributed by atoms with E-state index in [9.17, 15) is 39.9 Å². The number of aliphatic hydroxyl groups is 1. The van der Waals surface area contributed by atoms with Gasteiger partial charge in [0.15, 0.2) is 0 Å². The van der Waals surface area contributed by atoms with Crippen LogP contribution >= 0.6 is 23.4 Å². The third kappa shape index (κ3) is 12.3. The molecule has 0 aliphatic carbocycles. The third-order valence-corrected chi connectivity index (χ3v) is 18.2. The maximum absolute atomic E-state index is 14.3. The minimum atomic E-state index is -6.07.